The number of aromatic nitrogens is 4. The third kappa shape index (κ3) is 5.43. The van der Waals surface area contributed by atoms with Gasteiger partial charge >= 0.3 is 0 Å². The van der Waals surface area contributed by atoms with Crippen LogP contribution in [0, 0.1) is 0 Å². The predicted molar refractivity (Wildman–Crippen MR) is 142 cm³/mol. The Labute approximate surface area is 222 Å². The summed E-state index contributed by atoms with van der Waals surface area (Å²) in [5.41, 5.74) is 3.21. The van der Waals surface area contributed by atoms with E-state index in [0.717, 1.165) is 26.5 Å². The highest BCUT2D eigenvalue weighted by molar-refractivity contribution is 7.90. The topological polar surface area (TPSA) is 151 Å². The molecule has 3 aromatic heterocycles. The summed E-state index contributed by atoms with van der Waals surface area (Å²) in [6, 6.07) is 8.58. The van der Waals surface area contributed by atoms with Crippen molar-refractivity contribution in [3.05, 3.63) is 53.2 Å². The molecule has 0 radical (unpaired) electrons. The van der Waals surface area contributed by atoms with E-state index >= 15 is 0 Å². The quantitative estimate of drug-likeness (QED) is 0.255. The number of hydrogen-bond donors (Lipinski definition) is 2. The summed E-state index contributed by atoms with van der Waals surface area (Å²) >= 11 is 1.58. The highest BCUT2D eigenvalue weighted by atomic mass is 32.2. The lowest BCUT2D eigenvalue weighted by Crippen LogP contribution is -2.36. The number of hydroxylamine groups is 1. The molecule has 14 heteroatoms. The number of sulfone groups is 1. The van der Waals surface area contributed by atoms with Crippen LogP contribution in [-0.2, 0) is 21.1 Å². The number of rotatable bonds is 7. The van der Waals surface area contributed by atoms with Gasteiger partial charge in [-0.2, -0.15) is 0 Å². The zero-order valence-corrected chi connectivity index (χ0v) is 22.3. The number of ether oxygens (including phenoxy) is 1. The van der Waals surface area contributed by atoms with Crippen LogP contribution in [0.4, 0.5) is 11.8 Å². The molecule has 1 amide bonds. The largest absolute Gasteiger partial charge is 0.378 e. The number of morpholine rings is 1. The molecule has 198 valence electrons. The van der Waals surface area contributed by atoms with Crippen LogP contribution in [-0.4, -0.2) is 79.1 Å². The number of fused-ring (bicyclic) bond motifs is 1. The molecule has 1 aliphatic heterocycles. The van der Waals surface area contributed by atoms with Gasteiger partial charge in [-0.1, -0.05) is 0 Å². The lowest BCUT2D eigenvalue weighted by molar-refractivity contribution is 0.0705. The molecule has 0 bridgehead atoms. The second-order valence-electron chi connectivity index (χ2n) is 8.76. The maximum atomic E-state index is 11.9. The maximum Gasteiger partial charge on any atom is 0.277 e. The molecular formula is C24H25N7O5S2. The number of carbonyl (C=O) groups excluding carboxylic acids is 1. The Morgan fingerprint density at radius 3 is 2.47 bits per heavy atom. The summed E-state index contributed by atoms with van der Waals surface area (Å²) in [6.45, 7) is 3.10. The molecule has 1 saturated heterocycles. The first-order valence-electron chi connectivity index (χ1n) is 11.6. The molecule has 1 aromatic carbocycles. The van der Waals surface area contributed by atoms with E-state index in [0.29, 0.717) is 44.6 Å². The van der Waals surface area contributed by atoms with Crippen molar-refractivity contribution in [2.45, 2.75) is 11.4 Å². The fourth-order valence-electron chi connectivity index (χ4n) is 4.02. The minimum Gasteiger partial charge on any atom is -0.378 e. The SMILES string of the molecule is CN(Cc1cc2nc(-c3ccc(S(C)(=O)=O)cc3)nc(N3CCOCC3)c2s1)c1ncc(C(=O)NO)cn1. The Balaban J connectivity index is 1.48. The number of anilines is 2. The maximum absolute atomic E-state index is 11.9. The van der Waals surface area contributed by atoms with Crippen LogP contribution >= 0.6 is 11.3 Å². The molecule has 4 aromatic rings. The summed E-state index contributed by atoms with van der Waals surface area (Å²) in [6.07, 6.45) is 3.87. The van der Waals surface area contributed by atoms with E-state index in [9.17, 15) is 13.2 Å². The first kappa shape index (κ1) is 25.9. The number of amides is 1. The average molecular weight is 556 g/mol. The lowest BCUT2D eigenvalue weighted by Gasteiger charge is -2.28. The Morgan fingerprint density at radius 2 is 1.84 bits per heavy atom. The zero-order chi connectivity index (χ0) is 26.9. The van der Waals surface area contributed by atoms with Crippen molar-refractivity contribution in [2.24, 2.45) is 0 Å². The molecule has 5 rings (SSSR count). The second kappa shape index (κ2) is 10.6. The van der Waals surface area contributed by atoms with Gasteiger partial charge in [-0.15, -0.1) is 11.3 Å². The molecule has 1 aliphatic rings. The van der Waals surface area contributed by atoms with Crippen LogP contribution in [0.5, 0.6) is 0 Å². The van der Waals surface area contributed by atoms with E-state index in [1.807, 2.05) is 18.0 Å². The minimum absolute atomic E-state index is 0.147. The fraction of sp³-hybridized carbons (Fsp3) is 0.292. The number of benzene rings is 1. The summed E-state index contributed by atoms with van der Waals surface area (Å²) in [5.74, 6) is 1.07. The van der Waals surface area contributed by atoms with Crippen molar-refractivity contribution in [2.75, 3.05) is 49.4 Å². The highest BCUT2D eigenvalue weighted by Crippen LogP contribution is 2.35. The lowest BCUT2D eigenvalue weighted by atomic mass is 10.2. The van der Waals surface area contributed by atoms with Gasteiger partial charge in [0.1, 0.15) is 0 Å². The molecule has 38 heavy (non-hydrogen) atoms. The Morgan fingerprint density at radius 1 is 1.16 bits per heavy atom. The van der Waals surface area contributed by atoms with Gasteiger partial charge in [0, 0.05) is 49.2 Å². The monoisotopic (exact) mass is 555 g/mol. The second-order valence-corrected chi connectivity index (χ2v) is 11.9. The minimum atomic E-state index is -3.31. The van der Waals surface area contributed by atoms with Crippen LogP contribution in [0.3, 0.4) is 0 Å². The molecule has 0 unspecified atom stereocenters. The van der Waals surface area contributed by atoms with Crippen molar-refractivity contribution in [3.63, 3.8) is 0 Å². The number of thiophene rings is 1. The van der Waals surface area contributed by atoms with E-state index in [2.05, 4.69) is 14.9 Å². The molecule has 2 N–H and O–H groups in total. The smallest absolute Gasteiger partial charge is 0.277 e. The van der Waals surface area contributed by atoms with Crippen molar-refractivity contribution < 1.29 is 23.2 Å². The molecular weight excluding hydrogens is 530 g/mol. The van der Waals surface area contributed by atoms with Crippen LogP contribution in [0.15, 0.2) is 47.6 Å². The van der Waals surface area contributed by atoms with Crippen molar-refractivity contribution in [3.8, 4) is 11.4 Å². The predicted octanol–water partition coefficient (Wildman–Crippen LogP) is 2.14. The van der Waals surface area contributed by atoms with E-state index in [1.54, 1.807) is 41.1 Å². The van der Waals surface area contributed by atoms with Gasteiger partial charge in [0.2, 0.25) is 5.95 Å². The molecule has 0 aliphatic carbocycles. The van der Waals surface area contributed by atoms with Gasteiger partial charge in [0.25, 0.3) is 5.91 Å². The molecule has 4 heterocycles. The third-order valence-electron chi connectivity index (χ3n) is 5.99. The Hall–Kier alpha value is -3.72. The van der Waals surface area contributed by atoms with Gasteiger partial charge in [0.05, 0.1) is 40.4 Å². The van der Waals surface area contributed by atoms with Gasteiger partial charge in [-0.3, -0.25) is 10.0 Å². The van der Waals surface area contributed by atoms with E-state index in [4.69, 9.17) is 19.9 Å². The summed E-state index contributed by atoms with van der Waals surface area (Å²) in [5, 5.41) is 8.77. The standard InChI is InChI=1S/C24H25N7O5S2/c1-30(24-25-12-16(13-26-24)23(32)29-33)14-17-11-19-20(37-17)22(31-7-9-36-10-8-31)28-21(27-19)15-3-5-18(6-4-15)38(2,34)35/h3-6,11-13,33H,7-10,14H2,1-2H3,(H,29,32). The fourth-order valence-corrected chi connectivity index (χ4v) is 5.81. The van der Waals surface area contributed by atoms with Gasteiger partial charge in [-0.05, 0) is 30.3 Å². The van der Waals surface area contributed by atoms with Gasteiger partial charge < -0.3 is 14.5 Å². The van der Waals surface area contributed by atoms with Crippen LogP contribution in [0.1, 0.15) is 15.2 Å². The summed E-state index contributed by atoms with van der Waals surface area (Å²) < 4.78 is 30.2. The molecule has 12 nitrogen and oxygen atoms in total. The number of nitrogens with one attached hydrogen (secondary N) is 1. The van der Waals surface area contributed by atoms with Crippen molar-refractivity contribution >= 4 is 49.1 Å². The number of nitrogens with zero attached hydrogens (tertiary/aromatic N) is 6. The zero-order valence-electron chi connectivity index (χ0n) is 20.7. The van der Waals surface area contributed by atoms with Crippen molar-refractivity contribution in [1.82, 2.24) is 25.4 Å². The first-order valence-corrected chi connectivity index (χ1v) is 14.3. The molecule has 0 atom stereocenters. The first-order chi connectivity index (χ1) is 18.2. The normalized spacial score (nSPS) is 14.0. The van der Waals surface area contributed by atoms with Crippen LogP contribution < -0.4 is 15.3 Å². The number of hydrogen-bond acceptors (Lipinski definition) is 12. The third-order valence-corrected chi connectivity index (χ3v) is 8.23. The molecule has 0 saturated carbocycles. The highest BCUT2D eigenvalue weighted by Gasteiger charge is 2.21. The van der Waals surface area contributed by atoms with Gasteiger partial charge in [0.15, 0.2) is 21.5 Å². The van der Waals surface area contributed by atoms with Crippen LogP contribution in [0.25, 0.3) is 21.6 Å². The van der Waals surface area contributed by atoms with E-state index < -0.39 is 15.7 Å². The van der Waals surface area contributed by atoms with E-state index in [-0.39, 0.29) is 10.5 Å². The Kier molecular flexibility index (Phi) is 7.21. The summed E-state index contributed by atoms with van der Waals surface area (Å²) in [7, 11) is -1.47. The molecule has 0 spiro atoms. The molecule has 1 fully saturated rings. The summed E-state index contributed by atoms with van der Waals surface area (Å²) in [4.78, 5) is 35.0. The Bertz CT molecular complexity index is 1570. The number of carbonyl (C=O) groups is 1. The average Bonchev–Trinajstić information content (AvgIpc) is 3.34. The van der Waals surface area contributed by atoms with Gasteiger partial charge in [-0.25, -0.2) is 33.8 Å². The van der Waals surface area contributed by atoms with Crippen molar-refractivity contribution in [1.29, 1.82) is 0 Å². The van der Waals surface area contributed by atoms with Crippen LogP contribution in [0.2, 0.25) is 0 Å². The van der Waals surface area contributed by atoms with E-state index in [1.165, 1.54) is 18.6 Å².